The summed E-state index contributed by atoms with van der Waals surface area (Å²) in [6.07, 6.45) is 2.69. The Morgan fingerprint density at radius 2 is 2.10 bits per heavy atom. The van der Waals surface area contributed by atoms with Crippen molar-refractivity contribution in [2.45, 2.75) is 19.4 Å². The normalized spacial score (nSPS) is 12.5. The highest BCUT2D eigenvalue weighted by Crippen LogP contribution is 2.26. The van der Waals surface area contributed by atoms with Crippen LogP contribution < -0.4 is 5.32 Å². The summed E-state index contributed by atoms with van der Waals surface area (Å²) in [6, 6.07) is 12.6. The van der Waals surface area contributed by atoms with Crippen molar-refractivity contribution >= 4 is 11.3 Å². The predicted molar refractivity (Wildman–Crippen MR) is 86.5 cm³/mol. The van der Waals surface area contributed by atoms with Crippen molar-refractivity contribution in [3.05, 3.63) is 64.4 Å². The third-order valence-corrected chi connectivity index (χ3v) is 4.37. The van der Waals surface area contributed by atoms with Crippen LogP contribution in [0.3, 0.4) is 0 Å². The quantitative estimate of drug-likeness (QED) is 0.766. The summed E-state index contributed by atoms with van der Waals surface area (Å²) in [4.78, 5) is 4.75. The summed E-state index contributed by atoms with van der Waals surface area (Å²) >= 11 is 1.71. The van der Waals surface area contributed by atoms with E-state index in [4.69, 9.17) is 9.40 Å². The molecule has 0 saturated carbocycles. The Hall–Kier alpha value is -1.91. The topological polar surface area (TPSA) is 38.1 Å². The van der Waals surface area contributed by atoms with Crippen LogP contribution in [0, 0.1) is 6.92 Å². The maximum Gasteiger partial charge on any atom is 0.101 e. The van der Waals surface area contributed by atoms with Crippen LogP contribution in [0.2, 0.25) is 0 Å². The summed E-state index contributed by atoms with van der Waals surface area (Å²) in [6.45, 7) is 1.97. The summed E-state index contributed by atoms with van der Waals surface area (Å²) < 4.78 is 5.40. The molecule has 4 heteroatoms. The molecule has 3 nitrogen and oxygen atoms in total. The van der Waals surface area contributed by atoms with Crippen molar-refractivity contribution in [1.29, 1.82) is 0 Å². The number of rotatable bonds is 5. The van der Waals surface area contributed by atoms with Crippen LogP contribution in [-0.4, -0.2) is 12.0 Å². The number of aryl methyl sites for hydroxylation is 1. The first-order valence-corrected chi connectivity index (χ1v) is 7.86. The number of nitrogens with one attached hydrogen (secondary N) is 1. The van der Waals surface area contributed by atoms with Gasteiger partial charge in [0, 0.05) is 29.0 Å². The first-order chi connectivity index (χ1) is 10.3. The van der Waals surface area contributed by atoms with E-state index in [9.17, 15) is 0 Å². The fraction of sp³-hybridized carbons (Fsp3) is 0.235. The monoisotopic (exact) mass is 298 g/mol. The number of hydrogen-bond acceptors (Lipinski definition) is 4. The second-order valence-corrected chi connectivity index (χ2v) is 5.97. The summed E-state index contributed by atoms with van der Waals surface area (Å²) in [7, 11) is 1.97. The van der Waals surface area contributed by atoms with Gasteiger partial charge in [0.25, 0.3) is 0 Å². The maximum atomic E-state index is 5.40. The number of likely N-dealkylation sites (N-methyl/N-ethyl adjacent to an activating group) is 1. The van der Waals surface area contributed by atoms with Crippen molar-refractivity contribution < 1.29 is 4.42 Å². The minimum Gasteiger partial charge on any atom is -0.469 e. The lowest BCUT2D eigenvalue weighted by Crippen LogP contribution is -2.18. The second kappa shape index (κ2) is 6.24. The van der Waals surface area contributed by atoms with Gasteiger partial charge in [-0.05, 0) is 20.0 Å². The zero-order valence-electron chi connectivity index (χ0n) is 12.2. The zero-order valence-corrected chi connectivity index (χ0v) is 13.0. The molecule has 0 aliphatic carbocycles. The smallest absolute Gasteiger partial charge is 0.101 e. The van der Waals surface area contributed by atoms with Crippen LogP contribution in [0.15, 0.2) is 52.5 Å². The number of nitrogens with zero attached hydrogens (tertiary/aromatic N) is 1. The van der Waals surface area contributed by atoms with Gasteiger partial charge in [-0.15, -0.1) is 11.3 Å². The van der Waals surface area contributed by atoms with E-state index in [1.165, 1.54) is 11.1 Å². The van der Waals surface area contributed by atoms with Crippen LogP contribution in [0.5, 0.6) is 0 Å². The molecular formula is C17H18N2OS. The average Bonchev–Trinajstić information content (AvgIpc) is 3.15. The van der Waals surface area contributed by atoms with E-state index in [1.807, 2.05) is 38.4 Å². The number of aromatic nitrogens is 1. The molecule has 3 rings (SSSR count). The van der Waals surface area contributed by atoms with Crippen molar-refractivity contribution in [2.24, 2.45) is 0 Å². The van der Waals surface area contributed by atoms with Crippen molar-refractivity contribution in [2.75, 3.05) is 7.05 Å². The van der Waals surface area contributed by atoms with Gasteiger partial charge in [0.1, 0.15) is 5.76 Å². The number of thiazole rings is 1. The molecule has 0 spiro atoms. The molecule has 3 aromatic rings. The van der Waals surface area contributed by atoms with Crippen molar-refractivity contribution in [1.82, 2.24) is 10.3 Å². The van der Waals surface area contributed by atoms with E-state index < -0.39 is 0 Å². The average molecular weight is 298 g/mol. The first-order valence-electron chi connectivity index (χ1n) is 6.98. The molecule has 1 aromatic carbocycles. The Bertz CT molecular complexity index is 702. The zero-order chi connectivity index (χ0) is 14.7. The highest BCUT2D eigenvalue weighted by Gasteiger charge is 2.15. The third-order valence-electron chi connectivity index (χ3n) is 3.50. The van der Waals surface area contributed by atoms with E-state index in [2.05, 4.69) is 28.9 Å². The molecule has 0 fully saturated rings. The molecule has 0 bridgehead atoms. The van der Waals surface area contributed by atoms with Gasteiger partial charge in [0.2, 0.25) is 0 Å². The van der Waals surface area contributed by atoms with Gasteiger partial charge in [-0.3, -0.25) is 0 Å². The van der Waals surface area contributed by atoms with Gasteiger partial charge in [-0.2, -0.15) is 0 Å². The lowest BCUT2D eigenvalue weighted by molar-refractivity contribution is 0.520. The highest BCUT2D eigenvalue weighted by molar-refractivity contribution is 7.09. The number of benzene rings is 1. The molecule has 1 atom stereocenters. The summed E-state index contributed by atoms with van der Waals surface area (Å²) in [5.74, 6) is 0.939. The maximum absolute atomic E-state index is 5.40. The Morgan fingerprint density at radius 1 is 1.29 bits per heavy atom. The summed E-state index contributed by atoms with van der Waals surface area (Å²) in [5.41, 5.74) is 3.39. The van der Waals surface area contributed by atoms with Gasteiger partial charge in [-0.1, -0.05) is 30.3 Å². The molecule has 2 heterocycles. The SMILES string of the molecule is CNC(Cc1nc(-c2ccccc2)cs1)c1coc(C)c1. The minimum absolute atomic E-state index is 0.234. The molecule has 1 N–H and O–H groups in total. The molecule has 2 aromatic heterocycles. The van der Waals surface area contributed by atoms with Crippen LogP contribution in [0.25, 0.3) is 11.3 Å². The number of furan rings is 1. The van der Waals surface area contributed by atoms with Crippen LogP contribution in [0.4, 0.5) is 0 Å². The fourth-order valence-electron chi connectivity index (χ4n) is 2.35. The van der Waals surface area contributed by atoms with Gasteiger partial charge in [0.15, 0.2) is 0 Å². The molecule has 108 valence electrons. The fourth-order valence-corrected chi connectivity index (χ4v) is 3.20. The van der Waals surface area contributed by atoms with Gasteiger partial charge in [-0.25, -0.2) is 4.98 Å². The van der Waals surface area contributed by atoms with Gasteiger partial charge < -0.3 is 9.73 Å². The largest absolute Gasteiger partial charge is 0.469 e. The molecule has 0 radical (unpaired) electrons. The molecule has 0 saturated heterocycles. The second-order valence-electron chi connectivity index (χ2n) is 5.03. The van der Waals surface area contributed by atoms with E-state index in [-0.39, 0.29) is 6.04 Å². The Labute approximate surface area is 128 Å². The third kappa shape index (κ3) is 3.23. The van der Waals surface area contributed by atoms with E-state index >= 15 is 0 Å². The van der Waals surface area contributed by atoms with Crippen LogP contribution >= 0.6 is 11.3 Å². The predicted octanol–water partition coefficient (Wildman–Crippen LogP) is 4.21. The van der Waals surface area contributed by atoms with Crippen LogP contribution in [0.1, 0.15) is 22.4 Å². The van der Waals surface area contributed by atoms with Crippen LogP contribution in [-0.2, 0) is 6.42 Å². The Kier molecular flexibility index (Phi) is 4.18. The van der Waals surface area contributed by atoms with Crippen molar-refractivity contribution in [3.63, 3.8) is 0 Å². The van der Waals surface area contributed by atoms with E-state index in [0.29, 0.717) is 0 Å². The molecule has 0 amide bonds. The van der Waals surface area contributed by atoms with E-state index in [0.717, 1.165) is 22.9 Å². The standard InChI is InChI=1S/C17H18N2OS/c1-12-8-14(10-20-12)15(18-2)9-17-19-16(11-21-17)13-6-4-3-5-7-13/h3-8,10-11,15,18H,9H2,1-2H3. The Balaban J connectivity index is 1.77. The number of hydrogen-bond donors (Lipinski definition) is 1. The van der Waals surface area contributed by atoms with Crippen molar-refractivity contribution in [3.8, 4) is 11.3 Å². The minimum atomic E-state index is 0.234. The molecule has 21 heavy (non-hydrogen) atoms. The molecule has 0 aliphatic heterocycles. The van der Waals surface area contributed by atoms with Gasteiger partial charge >= 0.3 is 0 Å². The Morgan fingerprint density at radius 3 is 2.76 bits per heavy atom. The highest BCUT2D eigenvalue weighted by atomic mass is 32.1. The molecular weight excluding hydrogens is 280 g/mol. The lowest BCUT2D eigenvalue weighted by atomic mass is 10.1. The van der Waals surface area contributed by atoms with E-state index in [1.54, 1.807) is 11.3 Å². The summed E-state index contributed by atoms with van der Waals surface area (Å²) in [5, 5.41) is 6.59. The first kappa shape index (κ1) is 14.0. The molecule has 1 unspecified atom stereocenters. The molecule has 0 aliphatic rings. The lowest BCUT2D eigenvalue weighted by Gasteiger charge is -2.12. The van der Waals surface area contributed by atoms with Gasteiger partial charge in [0.05, 0.1) is 17.0 Å².